The van der Waals surface area contributed by atoms with Gasteiger partial charge in [0.1, 0.15) is 4.99 Å². The molecule has 0 amide bonds. The van der Waals surface area contributed by atoms with Crippen LogP contribution in [0.25, 0.3) is 0 Å². The van der Waals surface area contributed by atoms with Gasteiger partial charge in [0, 0.05) is 12.3 Å². The van der Waals surface area contributed by atoms with Crippen LogP contribution in [0.2, 0.25) is 0 Å². The van der Waals surface area contributed by atoms with Crippen LogP contribution >= 0.6 is 0 Å². The zero-order valence-electron chi connectivity index (χ0n) is 4.61. The molecule has 0 aliphatic carbocycles. The lowest BCUT2D eigenvalue weighted by Gasteiger charge is -1.83. The van der Waals surface area contributed by atoms with E-state index in [1.165, 1.54) is 6.40 Å². The fourth-order valence-electron chi connectivity index (χ4n) is 0.710. The van der Waals surface area contributed by atoms with Crippen molar-refractivity contribution >= 4 is 12.1 Å². The fraction of sp³-hybridized carbons (Fsp3) is 0. The van der Waals surface area contributed by atoms with Crippen LogP contribution in [0.1, 0.15) is 0 Å². The molecule has 0 aromatic carbocycles. The lowest BCUT2D eigenvalue weighted by Crippen LogP contribution is -1.81. The number of fused-ring (bicyclic) bond motifs is 1. The molecule has 0 N–H and O–H groups in total. The van der Waals surface area contributed by atoms with Gasteiger partial charge in [-0.2, -0.15) is 0 Å². The molecule has 9 heavy (non-hydrogen) atoms. The quantitative estimate of drug-likeness (QED) is 0.499. The monoisotopic (exact) mass is 120 g/mol. The summed E-state index contributed by atoms with van der Waals surface area (Å²) in [5, 5.41) is 0. The average Bonchev–Trinajstić information content (AvgIpc) is 2.33. The highest BCUT2D eigenvalue weighted by Gasteiger charge is 2.18. The van der Waals surface area contributed by atoms with E-state index >= 15 is 0 Å². The maximum Gasteiger partial charge on any atom is 0.404 e. The van der Waals surface area contributed by atoms with Gasteiger partial charge in [-0.15, -0.1) is 0 Å². The molecular formula is C6H4N2O+. The van der Waals surface area contributed by atoms with Gasteiger partial charge in [0.25, 0.3) is 0 Å². The minimum atomic E-state index is 0.734. The second-order valence-corrected chi connectivity index (χ2v) is 1.70. The summed E-state index contributed by atoms with van der Waals surface area (Å²) >= 11 is 0. The minimum Gasteiger partial charge on any atom is -0.397 e. The first-order chi connectivity index (χ1) is 4.47. The molecular weight excluding hydrogens is 116 g/mol. The van der Waals surface area contributed by atoms with Crippen molar-refractivity contribution in [3.8, 4) is 5.75 Å². The molecule has 1 aliphatic heterocycles. The Morgan fingerprint density at radius 1 is 1.56 bits per heavy atom. The normalized spacial score (nSPS) is 12.9. The van der Waals surface area contributed by atoms with Crippen LogP contribution in [0, 0.1) is 0 Å². The Hall–Kier alpha value is -1.38. The predicted molar refractivity (Wildman–Crippen MR) is 32.7 cm³/mol. The molecule has 2 rings (SSSR count). The number of aliphatic imine (C=N–C) groups is 1. The summed E-state index contributed by atoms with van der Waals surface area (Å²) in [6, 6.07) is 1.80. The van der Waals surface area contributed by atoms with Crippen molar-refractivity contribution in [2.24, 2.45) is 0 Å². The third-order valence-corrected chi connectivity index (χ3v) is 1.13. The number of aromatic nitrogens is 1. The largest absolute Gasteiger partial charge is 0.404 e. The lowest BCUT2D eigenvalue weighted by molar-refractivity contribution is 0.589. The second kappa shape index (κ2) is 1.55. The van der Waals surface area contributed by atoms with Gasteiger partial charge in [-0.05, 0) is 0 Å². The van der Waals surface area contributed by atoms with Crippen LogP contribution in [0.4, 0.5) is 5.69 Å². The smallest absolute Gasteiger partial charge is 0.397 e. The number of pyridine rings is 1. The van der Waals surface area contributed by atoms with Crippen LogP contribution in [-0.2, 0) is 0 Å². The van der Waals surface area contributed by atoms with Crippen LogP contribution in [0.3, 0.4) is 0 Å². The first-order valence-corrected chi connectivity index (χ1v) is 2.60. The number of nitrogens with zero attached hydrogens (tertiary/aromatic N) is 2. The molecule has 43 valence electrons. The minimum absolute atomic E-state index is 0.734. The summed E-state index contributed by atoms with van der Waals surface area (Å²) in [4.78, 5) is 7.76. The second-order valence-electron chi connectivity index (χ2n) is 1.70. The zero-order chi connectivity index (χ0) is 6.10. The first-order valence-electron chi connectivity index (χ1n) is 2.60. The fourth-order valence-corrected chi connectivity index (χ4v) is 0.710. The standard InChI is InChI=1S/C6H4N2O/c1-2-7-3-6-5(1)8-4-9-6/h1-4H/q+1. The molecule has 1 radical (unpaired) electrons. The maximum absolute atomic E-state index is 4.94. The van der Waals surface area contributed by atoms with E-state index in [0.717, 1.165) is 11.4 Å². The summed E-state index contributed by atoms with van der Waals surface area (Å²) in [5.74, 6) is 0.734. The first kappa shape index (κ1) is 4.49. The van der Waals surface area contributed by atoms with Crippen LogP contribution in [0.15, 0.2) is 18.5 Å². The van der Waals surface area contributed by atoms with Crippen molar-refractivity contribution in [1.82, 2.24) is 9.98 Å². The van der Waals surface area contributed by atoms with Gasteiger partial charge >= 0.3 is 12.1 Å². The zero-order valence-corrected chi connectivity index (χ0v) is 4.61. The molecule has 0 atom stereocenters. The molecule has 1 aromatic heterocycles. The molecule has 0 fully saturated rings. The van der Waals surface area contributed by atoms with Gasteiger partial charge in [-0.1, -0.05) is 0 Å². The summed E-state index contributed by atoms with van der Waals surface area (Å²) in [6.07, 6.45) is 4.74. The van der Waals surface area contributed by atoms with E-state index in [0.29, 0.717) is 0 Å². The van der Waals surface area contributed by atoms with E-state index in [1.807, 2.05) is 0 Å². The Morgan fingerprint density at radius 2 is 2.56 bits per heavy atom. The average molecular weight is 120 g/mol. The van der Waals surface area contributed by atoms with E-state index in [9.17, 15) is 0 Å². The lowest BCUT2D eigenvalue weighted by atomic mass is 10.4. The van der Waals surface area contributed by atoms with Gasteiger partial charge in [0.05, 0.1) is 6.20 Å². The number of rotatable bonds is 0. The van der Waals surface area contributed by atoms with Crippen molar-refractivity contribution in [3.63, 3.8) is 0 Å². The van der Waals surface area contributed by atoms with Crippen LogP contribution in [0.5, 0.6) is 5.75 Å². The van der Waals surface area contributed by atoms with E-state index in [2.05, 4.69) is 9.98 Å². The van der Waals surface area contributed by atoms with E-state index in [-0.39, 0.29) is 0 Å². The Labute approximate surface area is 52.0 Å². The molecule has 1 aliphatic rings. The summed E-state index contributed by atoms with van der Waals surface area (Å²) in [5.41, 5.74) is 0.852. The molecule has 0 bridgehead atoms. The van der Waals surface area contributed by atoms with Crippen molar-refractivity contribution in [1.29, 1.82) is 0 Å². The Bertz CT molecular complexity index is 257. The highest BCUT2D eigenvalue weighted by molar-refractivity contribution is 5.67. The van der Waals surface area contributed by atoms with Gasteiger partial charge in [0.15, 0.2) is 0 Å². The van der Waals surface area contributed by atoms with Crippen molar-refractivity contribution in [3.05, 3.63) is 18.5 Å². The molecule has 0 saturated carbocycles. The van der Waals surface area contributed by atoms with Crippen molar-refractivity contribution in [2.45, 2.75) is 0 Å². The van der Waals surface area contributed by atoms with E-state index < -0.39 is 0 Å². The molecule has 1 aromatic rings. The number of ether oxygens (including phenoxy) is 1. The summed E-state index contributed by atoms with van der Waals surface area (Å²) < 4.78 is 4.94. The Balaban J connectivity index is 2.63. The summed E-state index contributed by atoms with van der Waals surface area (Å²) in [7, 11) is 0. The molecule has 2 heterocycles. The van der Waals surface area contributed by atoms with E-state index in [4.69, 9.17) is 4.74 Å². The number of hydrogen-bond donors (Lipinski definition) is 0. The molecule has 0 saturated heterocycles. The van der Waals surface area contributed by atoms with Crippen molar-refractivity contribution in [2.75, 3.05) is 0 Å². The van der Waals surface area contributed by atoms with E-state index in [1.54, 1.807) is 18.5 Å². The van der Waals surface area contributed by atoms with Gasteiger partial charge in [0.2, 0.25) is 5.75 Å². The predicted octanol–water partition coefficient (Wildman–Crippen LogP) is 0.470. The molecule has 0 spiro atoms. The third kappa shape index (κ3) is 0.579. The highest BCUT2D eigenvalue weighted by Crippen LogP contribution is 2.22. The van der Waals surface area contributed by atoms with Gasteiger partial charge in [-0.25, -0.2) is 0 Å². The maximum atomic E-state index is 4.94. The molecule has 3 heteroatoms. The molecule has 0 unspecified atom stereocenters. The van der Waals surface area contributed by atoms with Crippen LogP contribution in [-0.4, -0.2) is 11.4 Å². The highest BCUT2D eigenvalue weighted by atomic mass is 16.5. The van der Waals surface area contributed by atoms with Crippen molar-refractivity contribution < 1.29 is 4.74 Å². The summed E-state index contributed by atoms with van der Waals surface area (Å²) in [6.45, 7) is 0. The Morgan fingerprint density at radius 3 is 3.44 bits per heavy atom. The van der Waals surface area contributed by atoms with Gasteiger partial charge in [-0.3, -0.25) is 4.98 Å². The van der Waals surface area contributed by atoms with Crippen LogP contribution < -0.4 is 9.73 Å². The SMILES string of the molecule is C1=[N+]c2ccncc2O1. The molecule has 3 nitrogen and oxygen atoms in total. The Kier molecular flexibility index (Phi) is 0.773. The number of hydrogen-bond acceptors (Lipinski definition) is 3. The topological polar surface area (TPSA) is 36.2 Å². The van der Waals surface area contributed by atoms with Gasteiger partial charge < -0.3 is 4.74 Å². The third-order valence-electron chi connectivity index (χ3n) is 1.13.